The van der Waals surface area contributed by atoms with Crippen LogP contribution in [0.25, 0.3) is 0 Å². The summed E-state index contributed by atoms with van der Waals surface area (Å²) < 4.78 is 0. The van der Waals surface area contributed by atoms with E-state index in [9.17, 15) is 14.4 Å². The SMILES string of the molecule is CC(SSC1C=CC=CN1N1C(=O)CCC1=O)C(=O)O. The fourth-order valence-electron chi connectivity index (χ4n) is 1.73. The highest BCUT2D eigenvalue weighted by Gasteiger charge is 2.36. The number of aliphatic carboxylic acids is 1. The van der Waals surface area contributed by atoms with Crippen LogP contribution in [0.15, 0.2) is 24.4 Å². The van der Waals surface area contributed by atoms with Crippen LogP contribution in [0.5, 0.6) is 0 Å². The largest absolute Gasteiger partial charge is 0.480 e. The molecule has 2 rings (SSSR count). The van der Waals surface area contributed by atoms with E-state index in [4.69, 9.17) is 5.11 Å². The van der Waals surface area contributed by atoms with Crippen molar-refractivity contribution >= 4 is 39.4 Å². The second kappa shape index (κ2) is 6.36. The quantitative estimate of drug-likeness (QED) is 0.610. The monoisotopic (exact) mass is 314 g/mol. The molecule has 0 radical (unpaired) electrons. The van der Waals surface area contributed by atoms with Gasteiger partial charge in [0.25, 0.3) is 0 Å². The van der Waals surface area contributed by atoms with Crippen LogP contribution in [0, 0.1) is 0 Å². The number of hydrogen-bond donors (Lipinski definition) is 1. The number of allylic oxidation sites excluding steroid dienone is 2. The van der Waals surface area contributed by atoms with E-state index in [1.807, 2.05) is 12.2 Å². The van der Waals surface area contributed by atoms with Gasteiger partial charge in [0.15, 0.2) is 0 Å². The van der Waals surface area contributed by atoms with E-state index in [2.05, 4.69) is 0 Å². The molecule has 108 valence electrons. The summed E-state index contributed by atoms with van der Waals surface area (Å²) in [5.41, 5.74) is 0. The summed E-state index contributed by atoms with van der Waals surface area (Å²) in [6.45, 7) is 1.60. The Labute approximate surface area is 124 Å². The summed E-state index contributed by atoms with van der Waals surface area (Å²) >= 11 is 0. The fraction of sp³-hybridized carbons (Fsp3) is 0.417. The van der Waals surface area contributed by atoms with Crippen molar-refractivity contribution in [2.24, 2.45) is 0 Å². The average Bonchev–Trinajstić information content (AvgIpc) is 2.75. The molecule has 0 aromatic rings. The summed E-state index contributed by atoms with van der Waals surface area (Å²) in [7, 11) is 2.51. The fourth-order valence-corrected chi connectivity index (χ4v) is 4.05. The molecule has 1 N–H and O–H groups in total. The van der Waals surface area contributed by atoms with Crippen LogP contribution in [0.2, 0.25) is 0 Å². The Bertz CT molecular complexity index is 476. The smallest absolute Gasteiger partial charge is 0.317 e. The number of carboxylic acids is 1. The maximum absolute atomic E-state index is 11.8. The van der Waals surface area contributed by atoms with Crippen LogP contribution < -0.4 is 0 Å². The Morgan fingerprint density at radius 3 is 2.60 bits per heavy atom. The van der Waals surface area contributed by atoms with Gasteiger partial charge in [-0.25, -0.2) is 0 Å². The second-order valence-corrected chi connectivity index (χ2v) is 7.00. The predicted octanol–water partition coefficient (Wildman–Crippen LogP) is 1.62. The third-order valence-corrected chi connectivity index (χ3v) is 5.75. The number of imide groups is 1. The summed E-state index contributed by atoms with van der Waals surface area (Å²) in [4.78, 5) is 34.4. The van der Waals surface area contributed by atoms with Crippen LogP contribution in [0.1, 0.15) is 19.8 Å². The van der Waals surface area contributed by atoms with Crippen molar-refractivity contribution in [3.63, 3.8) is 0 Å². The van der Waals surface area contributed by atoms with Crippen LogP contribution in [0.3, 0.4) is 0 Å². The van der Waals surface area contributed by atoms with E-state index in [1.165, 1.54) is 21.6 Å². The summed E-state index contributed by atoms with van der Waals surface area (Å²) in [5, 5.41) is 10.7. The van der Waals surface area contributed by atoms with E-state index >= 15 is 0 Å². The third kappa shape index (κ3) is 3.18. The maximum Gasteiger partial charge on any atom is 0.317 e. The van der Waals surface area contributed by atoms with Crippen LogP contribution in [0.4, 0.5) is 0 Å². The Kier molecular flexibility index (Phi) is 4.77. The number of carbonyl (C=O) groups is 3. The van der Waals surface area contributed by atoms with Gasteiger partial charge in [-0.05, 0) is 19.1 Å². The van der Waals surface area contributed by atoms with Crippen LogP contribution in [-0.2, 0) is 14.4 Å². The number of nitrogens with zero attached hydrogens (tertiary/aromatic N) is 2. The molecule has 2 atom stereocenters. The molecule has 20 heavy (non-hydrogen) atoms. The molecule has 0 aromatic heterocycles. The van der Waals surface area contributed by atoms with E-state index in [0.29, 0.717) is 0 Å². The zero-order valence-electron chi connectivity index (χ0n) is 10.8. The van der Waals surface area contributed by atoms with Crippen molar-refractivity contribution in [1.29, 1.82) is 0 Å². The molecule has 8 heteroatoms. The molecule has 0 spiro atoms. The zero-order valence-corrected chi connectivity index (χ0v) is 12.4. The van der Waals surface area contributed by atoms with E-state index in [-0.39, 0.29) is 30.0 Å². The molecule has 2 aliphatic heterocycles. The van der Waals surface area contributed by atoms with Crippen molar-refractivity contribution in [3.05, 3.63) is 24.4 Å². The summed E-state index contributed by atoms with van der Waals surface area (Å²) in [5.74, 6) is -1.34. The lowest BCUT2D eigenvalue weighted by atomic mass is 10.4. The molecule has 1 saturated heterocycles. The summed E-state index contributed by atoms with van der Waals surface area (Å²) in [6, 6.07) is 0. The maximum atomic E-state index is 11.8. The van der Waals surface area contributed by atoms with Gasteiger partial charge >= 0.3 is 5.97 Å². The molecule has 0 bridgehead atoms. The average molecular weight is 314 g/mol. The highest BCUT2D eigenvalue weighted by atomic mass is 33.1. The minimum atomic E-state index is -0.891. The number of carboxylic acid groups (broad SMARTS) is 1. The van der Waals surface area contributed by atoms with Gasteiger partial charge in [-0.3, -0.25) is 19.4 Å². The minimum absolute atomic E-state index is 0.225. The molecule has 1 fully saturated rings. The van der Waals surface area contributed by atoms with Gasteiger partial charge in [0.2, 0.25) is 11.8 Å². The van der Waals surface area contributed by atoms with Crippen LogP contribution >= 0.6 is 21.6 Å². The molecule has 2 amide bonds. The lowest BCUT2D eigenvalue weighted by molar-refractivity contribution is -0.153. The first-order valence-electron chi connectivity index (χ1n) is 6.04. The Balaban J connectivity index is 2.05. The first-order valence-corrected chi connectivity index (χ1v) is 8.32. The minimum Gasteiger partial charge on any atom is -0.480 e. The molecule has 2 aliphatic rings. The number of rotatable bonds is 5. The van der Waals surface area contributed by atoms with Gasteiger partial charge in [-0.15, -0.1) is 0 Å². The van der Waals surface area contributed by atoms with Crippen molar-refractivity contribution in [1.82, 2.24) is 10.0 Å². The van der Waals surface area contributed by atoms with Gasteiger partial charge in [0.05, 0.1) is 0 Å². The van der Waals surface area contributed by atoms with E-state index in [0.717, 1.165) is 5.01 Å². The Morgan fingerprint density at radius 1 is 1.35 bits per heavy atom. The molecule has 2 heterocycles. The number of carbonyl (C=O) groups excluding carboxylic acids is 2. The normalized spacial score (nSPS) is 23.6. The van der Waals surface area contributed by atoms with Crippen molar-refractivity contribution in [2.75, 3.05) is 0 Å². The lowest BCUT2D eigenvalue weighted by Gasteiger charge is -2.35. The van der Waals surface area contributed by atoms with Gasteiger partial charge in [0.1, 0.15) is 10.6 Å². The topological polar surface area (TPSA) is 77.9 Å². The first-order chi connectivity index (χ1) is 9.50. The second-order valence-electron chi connectivity index (χ2n) is 4.27. The highest BCUT2D eigenvalue weighted by Crippen LogP contribution is 2.36. The van der Waals surface area contributed by atoms with Gasteiger partial charge < -0.3 is 5.11 Å². The molecule has 0 aromatic carbocycles. The molecule has 6 nitrogen and oxygen atoms in total. The molecular formula is C12H14N2O4S2. The standard InChI is InChI=1S/C12H14N2O4S2/c1-8(12(17)18)19-20-11-4-2-3-7-13(11)14-9(15)5-6-10(14)16/h2-4,7-8,11H,5-6H2,1H3,(H,17,18). The van der Waals surface area contributed by atoms with Gasteiger partial charge in [-0.1, -0.05) is 27.7 Å². The zero-order chi connectivity index (χ0) is 14.7. The number of amides is 2. The van der Waals surface area contributed by atoms with E-state index < -0.39 is 11.2 Å². The third-order valence-electron chi connectivity index (χ3n) is 2.79. The first kappa shape index (κ1) is 15.0. The van der Waals surface area contributed by atoms with Crippen molar-refractivity contribution < 1.29 is 19.5 Å². The lowest BCUT2D eigenvalue weighted by Crippen LogP contribution is -2.47. The highest BCUT2D eigenvalue weighted by molar-refractivity contribution is 8.77. The van der Waals surface area contributed by atoms with E-state index in [1.54, 1.807) is 24.2 Å². The summed E-state index contributed by atoms with van der Waals surface area (Å²) in [6.07, 6.45) is 7.48. The Hall–Kier alpha value is -1.41. The molecule has 0 saturated carbocycles. The van der Waals surface area contributed by atoms with Crippen molar-refractivity contribution in [2.45, 2.75) is 30.4 Å². The molecule has 0 aliphatic carbocycles. The number of hydrazine groups is 1. The predicted molar refractivity (Wildman–Crippen MR) is 77.3 cm³/mol. The molecule has 2 unspecified atom stereocenters. The van der Waals surface area contributed by atoms with Crippen LogP contribution in [-0.4, -0.2) is 43.5 Å². The number of hydrogen-bond acceptors (Lipinski definition) is 6. The van der Waals surface area contributed by atoms with Gasteiger partial charge in [-0.2, -0.15) is 5.01 Å². The Morgan fingerprint density at radius 2 is 2.00 bits per heavy atom. The van der Waals surface area contributed by atoms with Gasteiger partial charge in [0, 0.05) is 19.0 Å². The van der Waals surface area contributed by atoms with Crippen molar-refractivity contribution in [3.8, 4) is 0 Å². The molecular weight excluding hydrogens is 300 g/mol.